The van der Waals surface area contributed by atoms with E-state index in [1.165, 1.54) is 6.20 Å². The van der Waals surface area contributed by atoms with Gasteiger partial charge < -0.3 is 0 Å². The van der Waals surface area contributed by atoms with Crippen molar-refractivity contribution in [2.24, 2.45) is 0 Å². The van der Waals surface area contributed by atoms with Gasteiger partial charge in [0.25, 0.3) is 10.2 Å². The van der Waals surface area contributed by atoms with E-state index in [0.29, 0.717) is 5.32 Å². The molecule has 1 aromatic rings. The van der Waals surface area contributed by atoms with Crippen LogP contribution in [0.3, 0.4) is 0 Å². The minimum absolute atomic E-state index is 0.597. The molecule has 1 aromatic heterocycles. The highest BCUT2D eigenvalue weighted by Crippen LogP contribution is 2.97. The molecule has 3 nitrogen and oxygen atoms in total. The van der Waals surface area contributed by atoms with Gasteiger partial charge >= 0.3 is 0 Å². The Morgan fingerprint density at radius 1 is 1.18 bits per heavy atom. The summed E-state index contributed by atoms with van der Waals surface area (Å²) in [6.45, 7) is 4.92. The molecule has 0 unspecified atom stereocenters. The smallest absolute Gasteiger partial charge is 0.252 e. The van der Waals surface area contributed by atoms with Crippen LogP contribution in [0.1, 0.15) is 0 Å². The first-order valence-corrected chi connectivity index (χ1v) is 10.4. The van der Waals surface area contributed by atoms with Crippen molar-refractivity contribution in [3.63, 3.8) is 0 Å². The molecule has 0 aliphatic carbocycles. The summed E-state index contributed by atoms with van der Waals surface area (Å²) in [5.74, 6) is -2.14. The second-order valence-corrected chi connectivity index (χ2v) is 12.6. The fourth-order valence-electron chi connectivity index (χ4n) is 1.02. The van der Waals surface area contributed by atoms with Gasteiger partial charge in [0.15, 0.2) is 0 Å². The molecular weight excluding hydrogens is 281 g/mol. The lowest BCUT2D eigenvalue weighted by atomic mass is 10.7. The van der Waals surface area contributed by atoms with Crippen LogP contribution in [0.15, 0.2) is 6.20 Å². The molecular formula is C7H14F5N3SSi. The Morgan fingerprint density at radius 2 is 1.71 bits per heavy atom. The lowest BCUT2D eigenvalue weighted by Crippen LogP contribution is -2.38. The second-order valence-electron chi connectivity index (χ2n) is 4.95. The Labute approximate surface area is 96.7 Å². The van der Waals surface area contributed by atoms with E-state index >= 15 is 0 Å². The highest BCUT2D eigenvalue weighted by molar-refractivity contribution is 8.45. The number of nitrogens with zero attached hydrogens (tertiary/aromatic N) is 3. The third-order valence-electron chi connectivity index (χ3n) is 2.01. The van der Waals surface area contributed by atoms with Crippen molar-refractivity contribution in [1.29, 1.82) is 0 Å². The lowest BCUT2D eigenvalue weighted by Gasteiger charge is -2.40. The molecule has 1 rings (SSSR count). The minimum Gasteiger partial charge on any atom is -0.252 e. The van der Waals surface area contributed by atoms with Crippen LogP contribution in [-0.4, -0.2) is 28.8 Å². The number of aromatic nitrogens is 3. The molecule has 0 spiro atoms. The molecule has 0 radical (unpaired) electrons. The summed E-state index contributed by atoms with van der Waals surface area (Å²) in [6.07, 6.45) is 1.32. The molecule has 0 amide bonds. The first-order valence-electron chi connectivity index (χ1n) is 4.80. The Bertz CT molecular complexity index is 420. The van der Waals surface area contributed by atoms with Crippen molar-refractivity contribution in [2.75, 3.05) is 5.75 Å². The van der Waals surface area contributed by atoms with Crippen LogP contribution in [0.2, 0.25) is 19.6 Å². The van der Waals surface area contributed by atoms with Gasteiger partial charge in [0.05, 0.1) is 11.9 Å². The summed E-state index contributed by atoms with van der Waals surface area (Å²) in [6, 6.07) is 0. The SMILES string of the molecule is C[Si](C)(C)c1cn(CCS(F)(F)(F)(F)F)nn1. The maximum absolute atomic E-state index is 12.1. The topological polar surface area (TPSA) is 30.7 Å². The maximum Gasteiger partial charge on any atom is 0.287 e. The van der Waals surface area contributed by atoms with Crippen molar-refractivity contribution >= 4 is 23.6 Å². The molecule has 0 aromatic carbocycles. The fraction of sp³-hybridized carbons (Fsp3) is 0.714. The third kappa shape index (κ3) is 5.48. The molecule has 10 heteroatoms. The molecule has 0 aliphatic heterocycles. The summed E-state index contributed by atoms with van der Waals surface area (Å²) in [5, 5.41) is 7.74. The highest BCUT2D eigenvalue weighted by atomic mass is 32.5. The number of aryl methyl sites for hydroxylation is 1. The summed E-state index contributed by atoms with van der Waals surface area (Å²) in [5.41, 5.74) is 0. The average molecular weight is 295 g/mol. The van der Waals surface area contributed by atoms with Crippen molar-refractivity contribution in [2.45, 2.75) is 26.2 Å². The molecule has 0 aliphatic rings. The van der Waals surface area contributed by atoms with Gasteiger partial charge in [0, 0.05) is 6.20 Å². The van der Waals surface area contributed by atoms with Crippen molar-refractivity contribution in [3.8, 4) is 0 Å². The molecule has 0 saturated heterocycles. The van der Waals surface area contributed by atoms with Gasteiger partial charge in [-0.2, -0.15) is 0 Å². The third-order valence-corrected chi connectivity index (χ3v) is 4.73. The van der Waals surface area contributed by atoms with Gasteiger partial charge in [0.1, 0.15) is 13.8 Å². The number of halogens is 5. The molecule has 0 N–H and O–H groups in total. The summed E-state index contributed by atoms with van der Waals surface area (Å²) < 4.78 is 61.3. The van der Waals surface area contributed by atoms with Crippen molar-refractivity contribution in [1.82, 2.24) is 15.0 Å². The number of hydrogen-bond donors (Lipinski definition) is 0. The van der Waals surface area contributed by atoms with Crippen LogP contribution in [0, 0.1) is 0 Å². The first-order chi connectivity index (χ1) is 7.16. The summed E-state index contributed by atoms with van der Waals surface area (Å²) in [4.78, 5) is 0. The van der Waals surface area contributed by atoms with Crippen molar-refractivity contribution in [3.05, 3.63) is 6.20 Å². The Hall–Kier alpha value is -0.643. The maximum atomic E-state index is 12.1. The van der Waals surface area contributed by atoms with E-state index < -0.39 is 30.6 Å². The summed E-state index contributed by atoms with van der Waals surface area (Å²) in [7, 11) is -11.1. The van der Waals surface area contributed by atoms with E-state index in [1.54, 1.807) is 0 Å². The van der Waals surface area contributed by atoms with E-state index in [9.17, 15) is 19.4 Å². The van der Waals surface area contributed by atoms with Gasteiger partial charge in [-0.1, -0.05) is 44.3 Å². The predicted octanol–water partition coefficient (Wildman–Crippen LogP) is 3.12. The van der Waals surface area contributed by atoms with Gasteiger partial charge in [-0.05, 0) is 0 Å². The fourth-order valence-corrected chi connectivity index (χ4v) is 2.43. The molecule has 17 heavy (non-hydrogen) atoms. The first kappa shape index (κ1) is 14.4. The largest absolute Gasteiger partial charge is 0.287 e. The summed E-state index contributed by atoms with van der Waals surface area (Å²) >= 11 is 0. The molecule has 1 heterocycles. The quantitative estimate of drug-likeness (QED) is 0.631. The van der Waals surface area contributed by atoms with E-state index in [-0.39, 0.29) is 0 Å². The Morgan fingerprint density at radius 3 is 2.06 bits per heavy atom. The normalized spacial score (nSPS) is 17.6. The van der Waals surface area contributed by atoms with Gasteiger partial charge in [-0.15, -0.1) is 5.10 Å². The zero-order chi connectivity index (χ0) is 13.6. The lowest BCUT2D eigenvalue weighted by molar-refractivity contribution is 0.357. The molecule has 0 atom stereocenters. The monoisotopic (exact) mass is 295 g/mol. The van der Waals surface area contributed by atoms with E-state index in [1.807, 2.05) is 19.6 Å². The van der Waals surface area contributed by atoms with Crippen LogP contribution in [0.5, 0.6) is 0 Å². The van der Waals surface area contributed by atoms with E-state index in [4.69, 9.17) is 0 Å². The molecule has 102 valence electrons. The highest BCUT2D eigenvalue weighted by Gasteiger charge is 2.62. The van der Waals surface area contributed by atoms with Crippen LogP contribution in [-0.2, 0) is 6.54 Å². The standard InChI is InChI=1S/C7H14F5N3SSi/c1-17(2,3)7-6-15(14-13-7)4-5-16(8,9,10,11)12/h6H,4-5H2,1-3H3. The Kier molecular flexibility index (Phi) is 2.73. The van der Waals surface area contributed by atoms with Crippen LogP contribution < -0.4 is 5.32 Å². The second kappa shape index (κ2) is 3.22. The zero-order valence-electron chi connectivity index (χ0n) is 9.63. The minimum atomic E-state index is -9.35. The average Bonchev–Trinajstić information content (AvgIpc) is 2.43. The van der Waals surface area contributed by atoms with Crippen LogP contribution >= 0.6 is 10.2 Å². The predicted molar refractivity (Wildman–Crippen MR) is 61.0 cm³/mol. The molecule has 0 saturated carbocycles. The Balaban J connectivity index is 2.77. The van der Waals surface area contributed by atoms with Gasteiger partial charge in [-0.25, -0.2) is 0 Å². The van der Waals surface area contributed by atoms with Crippen LogP contribution in [0.4, 0.5) is 19.4 Å². The zero-order valence-corrected chi connectivity index (χ0v) is 11.4. The molecule has 0 bridgehead atoms. The van der Waals surface area contributed by atoms with Crippen molar-refractivity contribution < 1.29 is 19.4 Å². The van der Waals surface area contributed by atoms with Gasteiger partial charge in [0.2, 0.25) is 0 Å². The van der Waals surface area contributed by atoms with E-state index in [2.05, 4.69) is 10.3 Å². The van der Waals surface area contributed by atoms with E-state index in [0.717, 1.165) is 4.68 Å². The number of rotatable bonds is 4. The van der Waals surface area contributed by atoms with Gasteiger partial charge in [-0.3, -0.25) is 4.68 Å². The molecule has 0 fully saturated rings. The number of hydrogen-bond acceptors (Lipinski definition) is 2. The van der Waals surface area contributed by atoms with Crippen LogP contribution in [0.25, 0.3) is 0 Å².